The molecule has 0 fully saturated rings. The van der Waals surface area contributed by atoms with E-state index in [0.717, 1.165) is 9.26 Å². The Hall–Kier alpha value is -1.55. The zero-order valence-corrected chi connectivity index (χ0v) is 13.3. The topological polar surface area (TPSA) is 107 Å². The molecule has 2 aromatic rings. The second-order valence-electron chi connectivity index (χ2n) is 3.84. The highest BCUT2D eigenvalue weighted by molar-refractivity contribution is 14.1. The largest absolute Gasteiger partial charge is 0.383 e. The summed E-state index contributed by atoms with van der Waals surface area (Å²) in [5, 5.41) is 3.18. The molecule has 1 heterocycles. The van der Waals surface area contributed by atoms with Gasteiger partial charge in [0, 0.05) is 15.3 Å². The normalized spacial score (nSPS) is 10.2. The quantitative estimate of drug-likeness (QED) is 0.411. The second-order valence-corrected chi connectivity index (χ2v) is 6.03. The Bertz CT molecular complexity index is 599. The summed E-state index contributed by atoms with van der Waals surface area (Å²) in [7, 11) is 0. The van der Waals surface area contributed by atoms with E-state index in [1.807, 2.05) is 24.3 Å². The van der Waals surface area contributed by atoms with Gasteiger partial charge in [-0.3, -0.25) is 4.79 Å². The van der Waals surface area contributed by atoms with Crippen molar-refractivity contribution in [2.45, 2.75) is 5.16 Å². The van der Waals surface area contributed by atoms with Crippen molar-refractivity contribution in [1.82, 2.24) is 9.97 Å². The molecule has 2 rings (SSSR count). The number of nitrogen functional groups attached to an aromatic ring is 2. The van der Waals surface area contributed by atoms with E-state index in [2.05, 4.69) is 37.9 Å². The number of rotatable bonds is 4. The van der Waals surface area contributed by atoms with Crippen molar-refractivity contribution < 1.29 is 4.79 Å². The summed E-state index contributed by atoms with van der Waals surface area (Å²) >= 11 is 3.39. The van der Waals surface area contributed by atoms with Gasteiger partial charge in [0.15, 0.2) is 5.16 Å². The molecular formula is C12H12IN5OS. The molecule has 1 aromatic heterocycles. The molecule has 1 amide bonds. The van der Waals surface area contributed by atoms with Gasteiger partial charge in [0.05, 0.1) is 5.75 Å². The lowest BCUT2D eigenvalue weighted by Crippen LogP contribution is -2.14. The Morgan fingerprint density at radius 1 is 1.20 bits per heavy atom. The van der Waals surface area contributed by atoms with Crippen LogP contribution in [-0.4, -0.2) is 21.6 Å². The Morgan fingerprint density at radius 3 is 2.40 bits per heavy atom. The average Bonchev–Trinajstić information content (AvgIpc) is 2.38. The van der Waals surface area contributed by atoms with E-state index >= 15 is 0 Å². The van der Waals surface area contributed by atoms with Crippen LogP contribution in [0.4, 0.5) is 17.3 Å². The molecule has 0 aliphatic heterocycles. The number of nitrogens with one attached hydrogen (secondary N) is 1. The van der Waals surface area contributed by atoms with Crippen LogP contribution in [0.3, 0.4) is 0 Å². The van der Waals surface area contributed by atoms with Crippen molar-refractivity contribution >= 4 is 57.6 Å². The van der Waals surface area contributed by atoms with E-state index < -0.39 is 0 Å². The van der Waals surface area contributed by atoms with Gasteiger partial charge >= 0.3 is 0 Å². The number of carbonyl (C=O) groups is 1. The number of hydrogen-bond acceptors (Lipinski definition) is 6. The Labute approximate surface area is 133 Å². The van der Waals surface area contributed by atoms with Crippen LogP contribution in [0.5, 0.6) is 0 Å². The van der Waals surface area contributed by atoms with Crippen molar-refractivity contribution in [2.75, 3.05) is 22.5 Å². The van der Waals surface area contributed by atoms with Crippen LogP contribution >= 0.6 is 34.4 Å². The molecule has 0 aliphatic carbocycles. The molecule has 20 heavy (non-hydrogen) atoms. The summed E-state index contributed by atoms with van der Waals surface area (Å²) in [5.74, 6) is 0.631. The maximum Gasteiger partial charge on any atom is 0.234 e. The minimum Gasteiger partial charge on any atom is -0.383 e. The third kappa shape index (κ3) is 4.53. The van der Waals surface area contributed by atoms with Gasteiger partial charge in [0.25, 0.3) is 0 Å². The van der Waals surface area contributed by atoms with Crippen LogP contribution < -0.4 is 16.8 Å². The predicted octanol–water partition coefficient (Wildman–Crippen LogP) is 1.98. The maximum atomic E-state index is 11.8. The first kappa shape index (κ1) is 14.9. The van der Waals surface area contributed by atoms with Crippen molar-refractivity contribution in [3.63, 3.8) is 0 Å². The highest BCUT2D eigenvalue weighted by Crippen LogP contribution is 2.17. The summed E-state index contributed by atoms with van der Waals surface area (Å²) in [5.41, 5.74) is 11.9. The molecule has 0 spiro atoms. The van der Waals surface area contributed by atoms with Gasteiger partial charge in [-0.1, -0.05) is 11.8 Å². The first-order valence-corrected chi connectivity index (χ1v) is 7.67. The van der Waals surface area contributed by atoms with Crippen molar-refractivity contribution in [3.8, 4) is 0 Å². The monoisotopic (exact) mass is 401 g/mol. The third-order valence-electron chi connectivity index (χ3n) is 2.21. The minimum absolute atomic E-state index is 0.138. The summed E-state index contributed by atoms with van der Waals surface area (Å²) in [6.07, 6.45) is 0. The van der Waals surface area contributed by atoms with Crippen molar-refractivity contribution in [2.24, 2.45) is 0 Å². The number of halogens is 1. The summed E-state index contributed by atoms with van der Waals surface area (Å²) in [6.45, 7) is 0. The van der Waals surface area contributed by atoms with Crippen LogP contribution in [0.1, 0.15) is 0 Å². The molecule has 0 radical (unpaired) electrons. The molecule has 1 aromatic carbocycles. The lowest BCUT2D eigenvalue weighted by Gasteiger charge is -2.05. The first-order valence-electron chi connectivity index (χ1n) is 5.61. The van der Waals surface area contributed by atoms with Gasteiger partial charge in [-0.25, -0.2) is 9.97 Å². The maximum absolute atomic E-state index is 11.8. The molecule has 0 saturated carbocycles. The third-order valence-corrected chi connectivity index (χ3v) is 3.77. The standard InChI is InChI=1S/C12H12IN5OS/c13-7-1-3-8(4-2-7)16-11(19)6-20-12-17-9(14)5-10(15)18-12/h1-5H,6H2,(H,16,19)(H4,14,15,17,18). The molecule has 0 aliphatic rings. The summed E-state index contributed by atoms with van der Waals surface area (Å²) in [4.78, 5) is 19.8. The number of carbonyl (C=O) groups excluding carboxylic acids is 1. The van der Waals surface area contributed by atoms with E-state index in [1.165, 1.54) is 17.8 Å². The molecule has 5 N–H and O–H groups in total. The number of anilines is 3. The molecule has 8 heteroatoms. The molecule has 0 bridgehead atoms. The number of hydrogen-bond donors (Lipinski definition) is 3. The number of nitrogens with two attached hydrogens (primary N) is 2. The van der Waals surface area contributed by atoms with Crippen molar-refractivity contribution in [3.05, 3.63) is 33.9 Å². The molecule has 0 atom stereocenters. The fraction of sp³-hybridized carbons (Fsp3) is 0.0833. The number of thioether (sulfide) groups is 1. The van der Waals surface area contributed by atoms with E-state index in [1.54, 1.807) is 0 Å². The number of benzene rings is 1. The van der Waals surface area contributed by atoms with Crippen LogP contribution in [0.2, 0.25) is 0 Å². The molecule has 104 valence electrons. The van der Waals surface area contributed by atoms with Gasteiger partial charge in [-0.2, -0.15) is 0 Å². The summed E-state index contributed by atoms with van der Waals surface area (Å²) < 4.78 is 1.11. The van der Waals surface area contributed by atoms with Gasteiger partial charge in [-0.15, -0.1) is 0 Å². The fourth-order valence-corrected chi connectivity index (χ4v) is 2.42. The lowest BCUT2D eigenvalue weighted by atomic mass is 10.3. The molecule has 6 nitrogen and oxygen atoms in total. The van der Waals surface area contributed by atoms with Crippen LogP contribution in [0.15, 0.2) is 35.5 Å². The Kier molecular flexibility index (Phi) is 5.01. The fourth-order valence-electron chi connectivity index (χ4n) is 1.39. The average molecular weight is 401 g/mol. The molecule has 0 saturated heterocycles. The first-order chi connectivity index (χ1) is 9.52. The zero-order valence-electron chi connectivity index (χ0n) is 10.3. The SMILES string of the molecule is Nc1cc(N)nc(SCC(=O)Nc2ccc(I)cc2)n1. The van der Waals surface area contributed by atoms with E-state index in [9.17, 15) is 4.79 Å². The Balaban J connectivity index is 1.90. The highest BCUT2D eigenvalue weighted by Gasteiger charge is 2.07. The van der Waals surface area contributed by atoms with Crippen LogP contribution in [-0.2, 0) is 4.79 Å². The predicted molar refractivity (Wildman–Crippen MR) is 89.4 cm³/mol. The van der Waals surface area contributed by atoms with E-state index in [4.69, 9.17) is 11.5 Å². The van der Waals surface area contributed by atoms with E-state index in [0.29, 0.717) is 5.16 Å². The molecular weight excluding hydrogens is 389 g/mol. The smallest absolute Gasteiger partial charge is 0.234 e. The lowest BCUT2D eigenvalue weighted by molar-refractivity contribution is -0.113. The van der Waals surface area contributed by atoms with Crippen molar-refractivity contribution in [1.29, 1.82) is 0 Å². The number of amides is 1. The van der Waals surface area contributed by atoms with Gasteiger partial charge in [-0.05, 0) is 46.9 Å². The number of aromatic nitrogens is 2. The highest BCUT2D eigenvalue weighted by atomic mass is 127. The second kappa shape index (κ2) is 6.75. The van der Waals surface area contributed by atoms with Crippen LogP contribution in [0, 0.1) is 3.57 Å². The zero-order chi connectivity index (χ0) is 14.5. The number of nitrogens with zero attached hydrogens (tertiary/aromatic N) is 2. The van der Waals surface area contributed by atoms with Gasteiger partial charge < -0.3 is 16.8 Å². The van der Waals surface area contributed by atoms with Gasteiger partial charge in [0.2, 0.25) is 5.91 Å². The van der Waals surface area contributed by atoms with Crippen LogP contribution in [0.25, 0.3) is 0 Å². The molecule has 0 unspecified atom stereocenters. The summed E-state index contributed by atoms with van der Waals surface area (Å²) in [6, 6.07) is 9.00. The van der Waals surface area contributed by atoms with E-state index in [-0.39, 0.29) is 23.3 Å². The van der Waals surface area contributed by atoms with Gasteiger partial charge in [0.1, 0.15) is 11.6 Å². The Morgan fingerprint density at radius 2 is 1.80 bits per heavy atom. The minimum atomic E-state index is -0.138.